The summed E-state index contributed by atoms with van der Waals surface area (Å²) >= 11 is 3.42. The minimum atomic E-state index is -0.527. The van der Waals surface area contributed by atoms with Crippen molar-refractivity contribution in [1.29, 1.82) is 0 Å². The minimum absolute atomic E-state index is 0.0248. The van der Waals surface area contributed by atoms with E-state index in [0.29, 0.717) is 13.0 Å². The van der Waals surface area contributed by atoms with E-state index in [2.05, 4.69) is 15.9 Å². The monoisotopic (exact) mass is 322 g/mol. The van der Waals surface area contributed by atoms with Crippen LogP contribution in [-0.2, 0) is 14.3 Å². The summed E-state index contributed by atoms with van der Waals surface area (Å²) in [6, 6.07) is 9.60. The zero-order chi connectivity index (χ0) is 13.9. The van der Waals surface area contributed by atoms with E-state index in [9.17, 15) is 9.59 Å². The first-order valence-electron chi connectivity index (χ1n) is 6.19. The number of halogens is 1. The average Bonchev–Trinajstić information content (AvgIpc) is 3.10. The van der Waals surface area contributed by atoms with E-state index < -0.39 is 4.32 Å². The largest absolute Gasteiger partial charge is 0.463 e. The van der Waals surface area contributed by atoms with E-state index in [1.165, 1.54) is 6.08 Å². The van der Waals surface area contributed by atoms with E-state index in [1.807, 2.05) is 30.3 Å². The van der Waals surface area contributed by atoms with Gasteiger partial charge in [-0.3, -0.25) is 0 Å². The molecule has 1 aromatic carbocycles. The van der Waals surface area contributed by atoms with Crippen LogP contribution in [-0.4, -0.2) is 23.2 Å². The first-order chi connectivity index (χ1) is 9.10. The third-order valence-corrected chi connectivity index (χ3v) is 4.24. The highest BCUT2D eigenvalue weighted by atomic mass is 79.9. The molecule has 0 aliphatic heterocycles. The molecular weight excluding hydrogens is 308 g/mol. The van der Waals surface area contributed by atoms with Crippen LogP contribution in [0.1, 0.15) is 18.9 Å². The standard InChI is InChI=1S/C15H15BrO3/c1-2-19-14(18)8-12(11-6-4-3-5-7-11)13-9-15(13,16)10-17/h3-8,10,13H,2,9H2,1H3/b12-8+/t13-,15-/m0/s1. The van der Waals surface area contributed by atoms with Crippen LogP contribution in [0.3, 0.4) is 0 Å². The fraction of sp³-hybridized carbons (Fsp3) is 0.333. The number of hydrogen-bond acceptors (Lipinski definition) is 3. The molecule has 1 aliphatic carbocycles. The second kappa shape index (κ2) is 5.70. The van der Waals surface area contributed by atoms with Crippen molar-refractivity contribution in [1.82, 2.24) is 0 Å². The molecule has 1 fully saturated rings. The Morgan fingerprint density at radius 2 is 2.16 bits per heavy atom. The first kappa shape index (κ1) is 14.0. The van der Waals surface area contributed by atoms with E-state index >= 15 is 0 Å². The molecule has 1 aromatic rings. The Hall–Kier alpha value is -1.42. The molecule has 0 aromatic heterocycles. The second-order valence-electron chi connectivity index (χ2n) is 4.52. The van der Waals surface area contributed by atoms with Gasteiger partial charge in [0.2, 0.25) is 0 Å². The van der Waals surface area contributed by atoms with Crippen LogP contribution >= 0.6 is 15.9 Å². The number of alkyl halides is 1. The maximum atomic E-state index is 11.7. The molecule has 0 saturated heterocycles. The number of aldehydes is 1. The van der Waals surface area contributed by atoms with Crippen molar-refractivity contribution in [2.24, 2.45) is 5.92 Å². The van der Waals surface area contributed by atoms with Crippen LogP contribution < -0.4 is 0 Å². The van der Waals surface area contributed by atoms with Crippen LogP contribution in [0, 0.1) is 5.92 Å². The summed E-state index contributed by atoms with van der Waals surface area (Å²) in [7, 11) is 0. The summed E-state index contributed by atoms with van der Waals surface area (Å²) < 4.78 is 4.43. The van der Waals surface area contributed by atoms with Gasteiger partial charge in [0.25, 0.3) is 0 Å². The molecule has 0 spiro atoms. The number of allylic oxidation sites excluding steroid dienone is 1. The van der Waals surface area contributed by atoms with Gasteiger partial charge in [-0.2, -0.15) is 0 Å². The van der Waals surface area contributed by atoms with Crippen molar-refractivity contribution in [2.75, 3.05) is 6.61 Å². The normalized spacial score (nSPS) is 25.8. The molecule has 0 N–H and O–H groups in total. The molecule has 3 nitrogen and oxygen atoms in total. The Labute approximate surface area is 120 Å². The van der Waals surface area contributed by atoms with Gasteiger partial charge in [-0.25, -0.2) is 4.79 Å². The molecule has 2 rings (SSSR count). The van der Waals surface area contributed by atoms with Gasteiger partial charge in [0.1, 0.15) is 6.29 Å². The summed E-state index contributed by atoms with van der Waals surface area (Å²) in [6.45, 7) is 2.11. The van der Waals surface area contributed by atoms with Gasteiger partial charge in [-0.15, -0.1) is 0 Å². The van der Waals surface area contributed by atoms with Gasteiger partial charge in [0.15, 0.2) is 0 Å². The van der Waals surface area contributed by atoms with Crippen LogP contribution in [0.25, 0.3) is 5.57 Å². The smallest absolute Gasteiger partial charge is 0.331 e. The third kappa shape index (κ3) is 3.13. The van der Waals surface area contributed by atoms with E-state index in [-0.39, 0.29) is 11.9 Å². The molecular formula is C15H15BrO3. The average molecular weight is 323 g/mol. The van der Waals surface area contributed by atoms with Crippen molar-refractivity contribution in [3.05, 3.63) is 42.0 Å². The number of carbonyl (C=O) groups is 2. The number of benzene rings is 1. The second-order valence-corrected chi connectivity index (χ2v) is 6.00. The van der Waals surface area contributed by atoms with Crippen LogP contribution in [0.5, 0.6) is 0 Å². The predicted molar refractivity (Wildman–Crippen MR) is 76.9 cm³/mol. The maximum absolute atomic E-state index is 11.7. The summed E-state index contributed by atoms with van der Waals surface area (Å²) in [5.41, 5.74) is 1.80. The molecule has 4 heteroatoms. The van der Waals surface area contributed by atoms with Crippen molar-refractivity contribution in [3.63, 3.8) is 0 Å². The lowest BCUT2D eigenvalue weighted by Gasteiger charge is -2.08. The number of esters is 1. The number of hydrogen-bond donors (Lipinski definition) is 0. The first-order valence-corrected chi connectivity index (χ1v) is 6.99. The summed E-state index contributed by atoms with van der Waals surface area (Å²) in [5.74, 6) is -0.342. The fourth-order valence-electron chi connectivity index (χ4n) is 2.08. The Morgan fingerprint density at radius 3 is 2.68 bits per heavy atom. The van der Waals surface area contributed by atoms with Gasteiger partial charge in [-0.1, -0.05) is 46.3 Å². The van der Waals surface area contributed by atoms with Gasteiger partial charge in [0, 0.05) is 12.0 Å². The third-order valence-electron chi connectivity index (χ3n) is 3.17. The Bertz CT molecular complexity index is 509. The number of carbonyl (C=O) groups excluding carboxylic acids is 2. The predicted octanol–water partition coefficient (Wildman–Crippen LogP) is 2.99. The van der Waals surface area contributed by atoms with Crippen LogP contribution in [0.2, 0.25) is 0 Å². The van der Waals surface area contributed by atoms with Gasteiger partial charge >= 0.3 is 5.97 Å². The molecule has 0 heterocycles. The topological polar surface area (TPSA) is 43.4 Å². The van der Waals surface area contributed by atoms with Gasteiger partial charge in [0.05, 0.1) is 10.9 Å². The van der Waals surface area contributed by atoms with Crippen LogP contribution in [0.15, 0.2) is 36.4 Å². The Kier molecular flexibility index (Phi) is 4.20. The summed E-state index contributed by atoms with van der Waals surface area (Å²) in [5, 5.41) is 0. The van der Waals surface area contributed by atoms with Crippen molar-refractivity contribution >= 4 is 33.8 Å². The molecule has 0 amide bonds. The Balaban J connectivity index is 2.30. The highest BCUT2D eigenvalue weighted by Gasteiger charge is 2.54. The van der Waals surface area contributed by atoms with E-state index in [1.54, 1.807) is 6.92 Å². The number of rotatable bonds is 5. The zero-order valence-electron chi connectivity index (χ0n) is 10.6. The van der Waals surface area contributed by atoms with Crippen LogP contribution in [0.4, 0.5) is 0 Å². The lowest BCUT2D eigenvalue weighted by molar-refractivity contribution is -0.137. The molecule has 0 unspecified atom stereocenters. The highest BCUT2D eigenvalue weighted by Crippen LogP contribution is 2.56. The SMILES string of the molecule is CCOC(=O)/C=C(\c1ccccc1)[C@@H]1C[C@]1(Br)C=O. The van der Waals surface area contributed by atoms with Gasteiger partial charge < -0.3 is 9.53 Å². The number of ether oxygens (including phenoxy) is 1. The summed E-state index contributed by atoms with van der Waals surface area (Å²) in [6.07, 6.45) is 3.10. The van der Waals surface area contributed by atoms with Gasteiger partial charge in [-0.05, 0) is 24.5 Å². The highest BCUT2D eigenvalue weighted by molar-refractivity contribution is 9.10. The lowest BCUT2D eigenvalue weighted by atomic mass is 10.00. The van der Waals surface area contributed by atoms with Crippen molar-refractivity contribution < 1.29 is 14.3 Å². The Morgan fingerprint density at radius 1 is 1.47 bits per heavy atom. The quantitative estimate of drug-likeness (QED) is 0.362. The van der Waals surface area contributed by atoms with E-state index in [0.717, 1.165) is 17.4 Å². The molecule has 1 saturated carbocycles. The van der Waals surface area contributed by atoms with Crippen molar-refractivity contribution in [3.8, 4) is 0 Å². The van der Waals surface area contributed by atoms with E-state index in [4.69, 9.17) is 4.74 Å². The van der Waals surface area contributed by atoms with Crippen molar-refractivity contribution in [2.45, 2.75) is 17.7 Å². The molecule has 2 atom stereocenters. The lowest BCUT2D eigenvalue weighted by Crippen LogP contribution is -2.07. The molecule has 1 aliphatic rings. The molecule has 0 radical (unpaired) electrons. The fourth-order valence-corrected chi connectivity index (χ4v) is 2.65. The molecule has 100 valence electrons. The minimum Gasteiger partial charge on any atom is -0.463 e. The summed E-state index contributed by atoms with van der Waals surface area (Å²) in [4.78, 5) is 22.7. The molecule has 0 bridgehead atoms. The maximum Gasteiger partial charge on any atom is 0.331 e. The zero-order valence-corrected chi connectivity index (χ0v) is 12.2. The molecule has 19 heavy (non-hydrogen) atoms.